The van der Waals surface area contributed by atoms with Gasteiger partial charge in [-0.2, -0.15) is 0 Å². The van der Waals surface area contributed by atoms with Crippen LogP contribution >= 0.6 is 0 Å². The lowest BCUT2D eigenvalue weighted by molar-refractivity contribution is -0.117. The van der Waals surface area contributed by atoms with E-state index >= 15 is 0 Å². The number of ether oxygens (including phenoxy) is 1. The van der Waals surface area contributed by atoms with Crippen molar-refractivity contribution in [2.24, 2.45) is 0 Å². The fourth-order valence-corrected chi connectivity index (χ4v) is 3.63. The molecular formula is C23H27FN2O4. The molecule has 7 heteroatoms. The number of para-hydroxylation sites is 1. The van der Waals surface area contributed by atoms with E-state index in [1.807, 2.05) is 6.92 Å². The molecule has 1 unspecified atom stereocenters. The van der Waals surface area contributed by atoms with E-state index < -0.39 is 5.92 Å². The third-order valence-corrected chi connectivity index (χ3v) is 5.35. The van der Waals surface area contributed by atoms with Crippen molar-refractivity contribution >= 4 is 17.5 Å². The molecule has 0 aliphatic carbocycles. The fourth-order valence-electron chi connectivity index (χ4n) is 3.63. The number of rotatable bonds is 6. The molecule has 2 N–H and O–H groups in total. The summed E-state index contributed by atoms with van der Waals surface area (Å²) in [5.74, 6) is -0.979. The summed E-state index contributed by atoms with van der Waals surface area (Å²) in [5.41, 5.74) is 1.49. The van der Waals surface area contributed by atoms with E-state index in [1.54, 1.807) is 42.2 Å². The summed E-state index contributed by atoms with van der Waals surface area (Å²) in [4.78, 5) is 27.7. The molecule has 2 aromatic rings. The highest BCUT2D eigenvalue weighted by molar-refractivity contribution is 6.02. The maximum Gasteiger partial charge on any atom is 0.258 e. The standard InChI is InChI=1S/C23H27FN2O4/c1-3-18(16-8-10-17(24)11-9-16)22(28)25-20-7-4-6-19-21(20)30-13-5-12-26(23(19)29)15(2)14-27/h4,6-11,15,18,27H,3,5,12-14H2,1-2H3,(H,25,28)/t15-,18?/m0/s1. The van der Waals surface area contributed by atoms with Crippen molar-refractivity contribution in [2.45, 2.75) is 38.6 Å². The van der Waals surface area contributed by atoms with Crippen LogP contribution in [0.15, 0.2) is 42.5 Å². The number of nitrogens with zero attached hydrogens (tertiary/aromatic N) is 1. The van der Waals surface area contributed by atoms with Gasteiger partial charge in [0.05, 0.1) is 36.4 Å². The molecule has 0 fully saturated rings. The molecule has 0 bridgehead atoms. The Kier molecular flexibility index (Phi) is 7.05. The van der Waals surface area contributed by atoms with Crippen LogP contribution in [0.1, 0.15) is 48.5 Å². The summed E-state index contributed by atoms with van der Waals surface area (Å²) in [6.45, 7) is 4.42. The third-order valence-electron chi connectivity index (χ3n) is 5.35. The Bertz CT molecular complexity index is 901. The highest BCUT2D eigenvalue weighted by Gasteiger charge is 2.28. The SMILES string of the molecule is CCC(C(=O)Nc1cccc2c1OCCCN([C@@H](C)CO)C2=O)c1ccc(F)cc1. The minimum Gasteiger partial charge on any atom is -0.490 e. The van der Waals surface area contributed by atoms with E-state index in [0.717, 1.165) is 5.56 Å². The van der Waals surface area contributed by atoms with Gasteiger partial charge in [-0.1, -0.05) is 25.1 Å². The van der Waals surface area contributed by atoms with Crippen molar-refractivity contribution in [3.8, 4) is 5.75 Å². The molecule has 0 saturated carbocycles. The molecule has 0 aromatic heterocycles. The van der Waals surface area contributed by atoms with Gasteiger partial charge in [0.1, 0.15) is 5.82 Å². The van der Waals surface area contributed by atoms with Crippen LogP contribution in [-0.4, -0.2) is 47.6 Å². The average Bonchev–Trinajstić information content (AvgIpc) is 2.74. The summed E-state index contributed by atoms with van der Waals surface area (Å²) in [5, 5.41) is 12.4. The summed E-state index contributed by atoms with van der Waals surface area (Å²) < 4.78 is 19.1. The number of halogens is 1. The monoisotopic (exact) mass is 414 g/mol. The van der Waals surface area contributed by atoms with Crippen molar-refractivity contribution in [2.75, 3.05) is 25.1 Å². The minimum absolute atomic E-state index is 0.131. The first kappa shape index (κ1) is 21.8. The Hall–Kier alpha value is -2.93. The zero-order valence-corrected chi connectivity index (χ0v) is 17.2. The largest absolute Gasteiger partial charge is 0.490 e. The van der Waals surface area contributed by atoms with Gasteiger partial charge in [-0.25, -0.2) is 4.39 Å². The van der Waals surface area contributed by atoms with Gasteiger partial charge in [0.2, 0.25) is 5.91 Å². The average molecular weight is 414 g/mol. The molecule has 6 nitrogen and oxygen atoms in total. The van der Waals surface area contributed by atoms with Crippen LogP contribution in [0.4, 0.5) is 10.1 Å². The second-order valence-electron chi connectivity index (χ2n) is 7.42. The van der Waals surface area contributed by atoms with E-state index in [0.29, 0.717) is 43.0 Å². The number of carbonyl (C=O) groups excluding carboxylic acids is 2. The second-order valence-corrected chi connectivity index (χ2v) is 7.42. The van der Waals surface area contributed by atoms with Gasteiger partial charge in [0.25, 0.3) is 5.91 Å². The van der Waals surface area contributed by atoms with Gasteiger partial charge in [-0.15, -0.1) is 0 Å². The summed E-state index contributed by atoms with van der Waals surface area (Å²) in [7, 11) is 0. The van der Waals surface area contributed by atoms with Crippen LogP contribution in [0.3, 0.4) is 0 Å². The second kappa shape index (κ2) is 9.71. The lowest BCUT2D eigenvalue weighted by Crippen LogP contribution is -2.42. The van der Waals surface area contributed by atoms with Gasteiger partial charge < -0.3 is 20.1 Å². The molecule has 0 radical (unpaired) electrons. The molecule has 2 atom stereocenters. The normalized spacial score (nSPS) is 16.0. The fraction of sp³-hybridized carbons (Fsp3) is 0.391. The number of carbonyl (C=O) groups is 2. The highest BCUT2D eigenvalue weighted by atomic mass is 19.1. The quantitative estimate of drug-likeness (QED) is 0.758. The first-order valence-corrected chi connectivity index (χ1v) is 10.2. The molecule has 0 saturated heterocycles. The van der Waals surface area contributed by atoms with Crippen molar-refractivity contribution in [1.82, 2.24) is 4.90 Å². The van der Waals surface area contributed by atoms with E-state index in [-0.39, 0.29) is 30.3 Å². The number of nitrogens with one attached hydrogen (secondary N) is 1. The van der Waals surface area contributed by atoms with Crippen LogP contribution in [0.25, 0.3) is 0 Å². The molecule has 2 aromatic carbocycles. The molecule has 0 spiro atoms. The molecule has 3 rings (SSSR count). The first-order valence-electron chi connectivity index (χ1n) is 10.2. The van der Waals surface area contributed by atoms with E-state index in [9.17, 15) is 19.1 Å². The number of hydrogen-bond donors (Lipinski definition) is 2. The number of fused-ring (bicyclic) bond motifs is 1. The Morgan fingerprint density at radius 3 is 2.67 bits per heavy atom. The summed E-state index contributed by atoms with van der Waals surface area (Å²) in [6.07, 6.45) is 1.15. The van der Waals surface area contributed by atoms with E-state index in [4.69, 9.17) is 4.74 Å². The highest BCUT2D eigenvalue weighted by Crippen LogP contribution is 2.33. The number of amides is 2. The van der Waals surface area contributed by atoms with Gasteiger partial charge in [0, 0.05) is 6.54 Å². The Labute approximate surface area is 175 Å². The van der Waals surface area contributed by atoms with Crippen molar-refractivity contribution in [3.05, 3.63) is 59.4 Å². The van der Waals surface area contributed by atoms with Crippen molar-refractivity contribution < 1.29 is 23.8 Å². The minimum atomic E-state index is -0.461. The maximum absolute atomic E-state index is 13.2. The Balaban J connectivity index is 1.89. The predicted molar refractivity (Wildman–Crippen MR) is 112 cm³/mol. The number of aliphatic hydroxyl groups is 1. The molecular weight excluding hydrogens is 387 g/mol. The number of anilines is 1. The summed E-state index contributed by atoms with van der Waals surface area (Å²) in [6, 6.07) is 10.6. The number of aliphatic hydroxyl groups excluding tert-OH is 1. The van der Waals surface area contributed by atoms with E-state index in [1.165, 1.54) is 12.1 Å². The topological polar surface area (TPSA) is 78.9 Å². The van der Waals surface area contributed by atoms with Crippen LogP contribution < -0.4 is 10.1 Å². The molecule has 1 aliphatic rings. The molecule has 30 heavy (non-hydrogen) atoms. The molecule has 1 aliphatic heterocycles. The van der Waals surface area contributed by atoms with Crippen molar-refractivity contribution in [1.29, 1.82) is 0 Å². The lowest BCUT2D eigenvalue weighted by Gasteiger charge is -2.31. The number of hydrogen-bond acceptors (Lipinski definition) is 4. The van der Waals surface area contributed by atoms with Crippen LogP contribution in [0, 0.1) is 5.82 Å². The Morgan fingerprint density at radius 1 is 1.27 bits per heavy atom. The smallest absolute Gasteiger partial charge is 0.258 e. The van der Waals surface area contributed by atoms with Crippen molar-refractivity contribution in [3.63, 3.8) is 0 Å². The lowest BCUT2D eigenvalue weighted by atomic mass is 9.95. The molecule has 160 valence electrons. The van der Waals surface area contributed by atoms with Gasteiger partial charge in [-0.3, -0.25) is 9.59 Å². The predicted octanol–water partition coefficient (Wildman–Crippen LogP) is 3.56. The zero-order chi connectivity index (χ0) is 21.7. The maximum atomic E-state index is 13.2. The molecule has 2 amide bonds. The molecule has 1 heterocycles. The van der Waals surface area contributed by atoms with Crippen LogP contribution in [0.2, 0.25) is 0 Å². The number of benzene rings is 2. The zero-order valence-electron chi connectivity index (χ0n) is 17.2. The summed E-state index contributed by atoms with van der Waals surface area (Å²) >= 11 is 0. The van der Waals surface area contributed by atoms with Gasteiger partial charge in [-0.05, 0) is 49.6 Å². The van der Waals surface area contributed by atoms with E-state index in [2.05, 4.69) is 5.32 Å². The van der Waals surface area contributed by atoms with Crippen LogP contribution in [0.5, 0.6) is 5.75 Å². The first-order chi connectivity index (χ1) is 14.5. The van der Waals surface area contributed by atoms with Gasteiger partial charge in [0.15, 0.2) is 5.75 Å². The van der Waals surface area contributed by atoms with Gasteiger partial charge >= 0.3 is 0 Å². The Morgan fingerprint density at radius 2 is 2.00 bits per heavy atom. The third kappa shape index (κ3) is 4.62. The van der Waals surface area contributed by atoms with Crippen LogP contribution in [-0.2, 0) is 4.79 Å².